The van der Waals surface area contributed by atoms with E-state index in [9.17, 15) is 9.59 Å². The summed E-state index contributed by atoms with van der Waals surface area (Å²) in [4.78, 5) is 20.9. The van der Waals surface area contributed by atoms with Gasteiger partial charge in [-0.2, -0.15) is 0 Å². The molecule has 0 saturated heterocycles. The number of rotatable bonds is 5. The topological polar surface area (TPSA) is 86.6 Å². The first-order valence-electron chi connectivity index (χ1n) is 3.97. The van der Waals surface area contributed by atoms with Crippen molar-refractivity contribution in [3.05, 3.63) is 0 Å². The number of aliphatic hydroxyl groups is 1. The van der Waals surface area contributed by atoms with Gasteiger partial charge in [0.2, 0.25) is 5.91 Å². The molecule has 0 spiro atoms. The Morgan fingerprint density at radius 1 is 1.38 bits per heavy atom. The van der Waals surface area contributed by atoms with Crippen LogP contribution < -0.4 is 5.32 Å². The van der Waals surface area contributed by atoms with E-state index in [1.165, 1.54) is 0 Å². The highest BCUT2D eigenvalue weighted by Crippen LogP contribution is 2.10. The minimum Gasteiger partial charge on any atom is -0.481 e. The fraction of sp³-hybridized carbons (Fsp3) is 0.750. The molecular formula is C8H15NO4. The van der Waals surface area contributed by atoms with Crippen molar-refractivity contribution >= 4 is 11.9 Å². The molecule has 0 aliphatic rings. The van der Waals surface area contributed by atoms with E-state index in [-0.39, 0.29) is 13.2 Å². The van der Waals surface area contributed by atoms with Crippen LogP contribution in [0.4, 0.5) is 0 Å². The van der Waals surface area contributed by atoms with Gasteiger partial charge >= 0.3 is 5.97 Å². The van der Waals surface area contributed by atoms with Crippen molar-refractivity contribution in [1.29, 1.82) is 0 Å². The predicted octanol–water partition coefficient (Wildman–Crippen LogP) is -0.404. The van der Waals surface area contributed by atoms with E-state index in [4.69, 9.17) is 10.2 Å². The Labute approximate surface area is 76.8 Å². The first-order valence-corrected chi connectivity index (χ1v) is 3.97. The summed E-state index contributed by atoms with van der Waals surface area (Å²) in [6, 6.07) is 0. The van der Waals surface area contributed by atoms with Gasteiger partial charge < -0.3 is 15.5 Å². The normalized spacial score (nSPS) is 11.0. The van der Waals surface area contributed by atoms with Crippen LogP contribution in [0.2, 0.25) is 0 Å². The lowest BCUT2D eigenvalue weighted by atomic mass is 9.95. The monoisotopic (exact) mass is 189 g/mol. The molecular weight excluding hydrogens is 174 g/mol. The number of carbonyl (C=O) groups is 2. The second-order valence-corrected chi connectivity index (χ2v) is 3.67. The van der Waals surface area contributed by atoms with Crippen LogP contribution >= 0.6 is 0 Å². The molecule has 5 nitrogen and oxygen atoms in total. The quantitative estimate of drug-likeness (QED) is 0.513. The lowest BCUT2D eigenvalue weighted by Crippen LogP contribution is -2.36. The molecule has 0 saturated carbocycles. The van der Waals surface area contributed by atoms with Crippen molar-refractivity contribution < 1.29 is 19.8 Å². The maximum atomic E-state index is 10.8. The Bertz CT molecular complexity index is 200. The van der Waals surface area contributed by atoms with Gasteiger partial charge in [-0.3, -0.25) is 9.59 Å². The molecule has 0 rings (SSSR count). The molecule has 5 heteroatoms. The number of carboxylic acid groups (broad SMARTS) is 1. The van der Waals surface area contributed by atoms with Crippen LogP contribution in [0.15, 0.2) is 0 Å². The van der Waals surface area contributed by atoms with E-state index in [0.29, 0.717) is 0 Å². The number of hydrogen-bond acceptors (Lipinski definition) is 3. The SMILES string of the molecule is CC(C)(CO)CNC(=O)CC(=O)O. The van der Waals surface area contributed by atoms with Crippen molar-refractivity contribution in [2.24, 2.45) is 5.41 Å². The average Bonchev–Trinajstić information content (AvgIpc) is 2.00. The van der Waals surface area contributed by atoms with Crippen molar-refractivity contribution in [1.82, 2.24) is 5.32 Å². The molecule has 76 valence electrons. The van der Waals surface area contributed by atoms with Crippen LogP contribution in [0, 0.1) is 5.41 Å². The van der Waals surface area contributed by atoms with Gasteiger partial charge in [-0.1, -0.05) is 13.8 Å². The van der Waals surface area contributed by atoms with Gasteiger partial charge in [0.1, 0.15) is 6.42 Å². The number of carboxylic acids is 1. The van der Waals surface area contributed by atoms with E-state index in [0.717, 1.165) is 0 Å². The molecule has 0 radical (unpaired) electrons. The summed E-state index contributed by atoms with van der Waals surface area (Å²) in [7, 11) is 0. The van der Waals surface area contributed by atoms with Crippen molar-refractivity contribution in [3.8, 4) is 0 Å². The van der Waals surface area contributed by atoms with Crippen LogP contribution in [0.5, 0.6) is 0 Å². The van der Waals surface area contributed by atoms with Crippen LogP contribution in [0.25, 0.3) is 0 Å². The van der Waals surface area contributed by atoms with E-state index < -0.39 is 23.7 Å². The molecule has 13 heavy (non-hydrogen) atoms. The summed E-state index contributed by atoms with van der Waals surface area (Å²) in [5.74, 6) is -1.69. The van der Waals surface area contributed by atoms with Gasteiger partial charge in [-0.25, -0.2) is 0 Å². The lowest BCUT2D eigenvalue weighted by molar-refractivity contribution is -0.140. The number of hydrogen-bond donors (Lipinski definition) is 3. The second-order valence-electron chi connectivity index (χ2n) is 3.67. The van der Waals surface area contributed by atoms with Gasteiger partial charge in [-0.15, -0.1) is 0 Å². The highest BCUT2D eigenvalue weighted by molar-refractivity contribution is 5.93. The summed E-state index contributed by atoms with van der Waals surface area (Å²) in [5.41, 5.74) is -0.409. The van der Waals surface area contributed by atoms with Gasteiger partial charge in [0.25, 0.3) is 0 Å². The molecule has 0 aromatic heterocycles. The standard InChI is InChI=1S/C8H15NO4/c1-8(2,5-10)4-9-6(11)3-7(12)13/h10H,3-5H2,1-2H3,(H,9,11)(H,12,13). The van der Waals surface area contributed by atoms with E-state index in [2.05, 4.69) is 5.32 Å². The number of aliphatic hydroxyl groups excluding tert-OH is 1. The summed E-state index contributed by atoms with van der Waals surface area (Å²) in [5, 5.41) is 19.5. The maximum Gasteiger partial charge on any atom is 0.312 e. The van der Waals surface area contributed by atoms with Gasteiger partial charge in [0, 0.05) is 18.6 Å². The third-order valence-electron chi connectivity index (χ3n) is 1.50. The molecule has 0 unspecified atom stereocenters. The summed E-state index contributed by atoms with van der Waals surface area (Å²) < 4.78 is 0. The van der Waals surface area contributed by atoms with Gasteiger partial charge in [0.15, 0.2) is 0 Å². The summed E-state index contributed by atoms with van der Waals surface area (Å²) in [6.45, 7) is 3.76. The number of amides is 1. The molecule has 0 aromatic carbocycles. The zero-order valence-corrected chi connectivity index (χ0v) is 7.83. The Balaban J connectivity index is 3.76. The highest BCUT2D eigenvalue weighted by atomic mass is 16.4. The maximum absolute atomic E-state index is 10.8. The van der Waals surface area contributed by atoms with Gasteiger partial charge in [-0.05, 0) is 0 Å². The fourth-order valence-corrected chi connectivity index (χ4v) is 0.594. The van der Waals surface area contributed by atoms with Crippen LogP contribution in [-0.2, 0) is 9.59 Å². The first-order chi connectivity index (χ1) is 5.87. The molecule has 0 atom stereocenters. The fourth-order valence-electron chi connectivity index (χ4n) is 0.594. The molecule has 1 amide bonds. The largest absolute Gasteiger partial charge is 0.481 e. The lowest BCUT2D eigenvalue weighted by Gasteiger charge is -2.21. The van der Waals surface area contributed by atoms with E-state index >= 15 is 0 Å². The first kappa shape index (κ1) is 11.9. The van der Waals surface area contributed by atoms with Crippen LogP contribution in [0.1, 0.15) is 20.3 Å². The summed E-state index contributed by atoms with van der Waals surface area (Å²) in [6.07, 6.45) is -0.526. The molecule has 0 aliphatic heterocycles. The third kappa shape index (κ3) is 6.10. The number of nitrogens with one attached hydrogen (secondary N) is 1. The smallest absolute Gasteiger partial charge is 0.312 e. The average molecular weight is 189 g/mol. The molecule has 0 aromatic rings. The number of aliphatic carboxylic acids is 1. The summed E-state index contributed by atoms with van der Waals surface area (Å²) >= 11 is 0. The molecule has 0 fully saturated rings. The zero-order valence-electron chi connectivity index (χ0n) is 7.83. The predicted molar refractivity (Wildman–Crippen MR) is 46.1 cm³/mol. The molecule has 3 N–H and O–H groups in total. The zero-order chi connectivity index (χ0) is 10.5. The van der Waals surface area contributed by atoms with E-state index in [1.54, 1.807) is 13.8 Å². The highest BCUT2D eigenvalue weighted by Gasteiger charge is 2.18. The van der Waals surface area contributed by atoms with Crippen LogP contribution in [0.3, 0.4) is 0 Å². The van der Waals surface area contributed by atoms with Crippen molar-refractivity contribution in [2.45, 2.75) is 20.3 Å². The van der Waals surface area contributed by atoms with Crippen molar-refractivity contribution in [3.63, 3.8) is 0 Å². The Hall–Kier alpha value is -1.10. The number of carbonyl (C=O) groups excluding carboxylic acids is 1. The Morgan fingerprint density at radius 2 is 1.92 bits per heavy atom. The minimum absolute atomic E-state index is 0.0552. The van der Waals surface area contributed by atoms with Crippen molar-refractivity contribution in [2.75, 3.05) is 13.2 Å². The molecule has 0 bridgehead atoms. The molecule has 0 heterocycles. The second kappa shape index (κ2) is 4.81. The Kier molecular flexibility index (Phi) is 4.40. The molecule has 0 aliphatic carbocycles. The Morgan fingerprint density at radius 3 is 2.31 bits per heavy atom. The van der Waals surface area contributed by atoms with Gasteiger partial charge in [0.05, 0.1) is 0 Å². The minimum atomic E-state index is -1.15. The van der Waals surface area contributed by atoms with Crippen LogP contribution in [-0.4, -0.2) is 35.2 Å². The van der Waals surface area contributed by atoms with E-state index in [1.807, 2.05) is 0 Å². The third-order valence-corrected chi connectivity index (χ3v) is 1.50.